The Kier molecular flexibility index (Phi) is 2.76. The number of allylic oxidation sites excluding steroid dienone is 1. The van der Waals surface area contributed by atoms with Crippen molar-refractivity contribution < 1.29 is 4.79 Å². The number of aromatic nitrogens is 3. The van der Waals surface area contributed by atoms with Gasteiger partial charge in [-0.2, -0.15) is 0 Å². The van der Waals surface area contributed by atoms with Crippen LogP contribution in [-0.4, -0.2) is 20.8 Å². The number of rotatable bonds is 2. The molecule has 3 aromatic rings. The summed E-state index contributed by atoms with van der Waals surface area (Å²) >= 11 is 0. The minimum absolute atomic E-state index is 0.0613. The molecule has 22 heavy (non-hydrogen) atoms. The fourth-order valence-corrected chi connectivity index (χ4v) is 2.74. The van der Waals surface area contributed by atoms with Gasteiger partial charge in [0, 0.05) is 11.1 Å². The highest BCUT2D eigenvalue weighted by Crippen LogP contribution is 2.28. The van der Waals surface area contributed by atoms with E-state index in [1.807, 2.05) is 66.2 Å². The molecule has 1 heterocycles. The molecule has 0 unspecified atom stereocenters. The van der Waals surface area contributed by atoms with Crippen molar-refractivity contribution in [2.45, 2.75) is 6.92 Å². The Hall–Kier alpha value is -3.01. The highest BCUT2D eigenvalue weighted by Gasteiger charge is 2.17. The van der Waals surface area contributed by atoms with Gasteiger partial charge < -0.3 is 0 Å². The van der Waals surface area contributed by atoms with Crippen molar-refractivity contribution in [3.8, 4) is 16.9 Å². The second-order valence-corrected chi connectivity index (χ2v) is 5.27. The van der Waals surface area contributed by atoms with Crippen molar-refractivity contribution in [3.63, 3.8) is 0 Å². The Bertz CT molecular complexity index is 907. The first-order valence-electron chi connectivity index (χ1n) is 7.08. The molecular formula is C18H13N3O. The van der Waals surface area contributed by atoms with Gasteiger partial charge in [-0.05, 0) is 42.8 Å². The zero-order valence-corrected chi connectivity index (χ0v) is 12.0. The van der Waals surface area contributed by atoms with Gasteiger partial charge in [0.15, 0.2) is 5.78 Å². The molecule has 0 atom stereocenters. The van der Waals surface area contributed by atoms with Crippen LogP contribution in [0.2, 0.25) is 0 Å². The van der Waals surface area contributed by atoms with Crippen molar-refractivity contribution in [1.29, 1.82) is 0 Å². The SMILES string of the molecule is Cc1c(-c2ccc3c(c2)C=CC3=O)nnn1-c1ccccc1. The molecule has 2 aromatic carbocycles. The van der Waals surface area contributed by atoms with Crippen molar-refractivity contribution in [3.05, 3.63) is 71.4 Å². The molecule has 0 radical (unpaired) electrons. The fraction of sp³-hybridized carbons (Fsp3) is 0.0556. The van der Waals surface area contributed by atoms with Gasteiger partial charge in [0.1, 0.15) is 5.69 Å². The van der Waals surface area contributed by atoms with Gasteiger partial charge in [-0.25, -0.2) is 4.68 Å². The van der Waals surface area contributed by atoms with Crippen molar-refractivity contribution >= 4 is 11.9 Å². The van der Waals surface area contributed by atoms with Crippen LogP contribution in [0, 0.1) is 6.92 Å². The van der Waals surface area contributed by atoms with Crippen molar-refractivity contribution in [2.75, 3.05) is 0 Å². The summed E-state index contributed by atoms with van der Waals surface area (Å²) < 4.78 is 1.82. The van der Waals surface area contributed by atoms with Crippen molar-refractivity contribution in [2.24, 2.45) is 0 Å². The molecule has 1 aromatic heterocycles. The van der Waals surface area contributed by atoms with E-state index in [0.29, 0.717) is 0 Å². The van der Waals surface area contributed by atoms with Crippen molar-refractivity contribution in [1.82, 2.24) is 15.0 Å². The lowest BCUT2D eigenvalue weighted by Crippen LogP contribution is -1.98. The maximum Gasteiger partial charge on any atom is 0.186 e. The molecule has 0 amide bonds. The number of para-hydroxylation sites is 1. The third kappa shape index (κ3) is 1.89. The van der Waals surface area contributed by atoms with Gasteiger partial charge in [0.25, 0.3) is 0 Å². The van der Waals surface area contributed by atoms with Crippen LogP contribution >= 0.6 is 0 Å². The third-order valence-electron chi connectivity index (χ3n) is 3.90. The first-order chi connectivity index (χ1) is 10.7. The number of ketones is 1. The summed E-state index contributed by atoms with van der Waals surface area (Å²) in [7, 11) is 0. The minimum Gasteiger partial charge on any atom is -0.289 e. The van der Waals surface area contributed by atoms with Gasteiger partial charge in [0.2, 0.25) is 0 Å². The molecule has 4 heteroatoms. The van der Waals surface area contributed by atoms with Crippen LogP contribution in [0.25, 0.3) is 23.0 Å². The summed E-state index contributed by atoms with van der Waals surface area (Å²) in [6.45, 7) is 2.00. The smallest absolute Gasteiger partial charge is 0.186 e. The molecule has 1 aliphatic rings. The lowest BCUT2D eigenvalue weighted by molar-refractivity contribution is 0.105. The average molecular weight is 287 g/mol. The van der Waals surface area contributed by atoms with E-state index >= 15 is 0 Å². The summed E-state index contributed by atoms with van der Waals surface area (Å²) in [5.41, 5.74) is 5.44. The van der Waals surface area contributed by atoms with Crippen LogP contribution in [0.5, 0.6) is 0 Å². The second kappa shape index (κ2) is 4.77. The van der Waals surface area contributed by atoms with Crippen LogP contribution in [0.1, 0.15) is 21.6 Å². The Morgan fingerprint density at radius 2 is 1.82 bits per heavy atom. The predicted molar refractivity (Wildman–Crippen MR) is 84.9 cm³/mol. The van der Waals surface area contributed by atoms with E-state index in [0.717, 1.165) is 33.8 Å². The number of hydrogen-bond acceptors (Lipinski definition) is 3. The lowest BCUT2D eigenvalue weighted by atomic mass is 10.0. The van der Waals surface area contributed by atoms with Gasteiger partial charge in [-0.15, -0.1) is 5.10 Å². The van der Waals surface area contributed by atoms with Crippen LogP contribution < -0.4 is 0 Å². The zero-order chi connectivity index (χ0) is 15.1. The molecule has 0 saturated heterocycles. The van der Waals surface area contributed by atoms with Crippen LogP contribution in [0.4, 0.5) is 0 Å². The summed E-state index contributed by atoms with van der Waals surface area (Å²) in [4.78, 5) is 11.7. The predicted octanol–water partition coefficient (Wildman–Crippen LogP) is 3.45. The lowest BCUT2D eigenvalue weighted by Gasteiger charge is -2.04. The molecule has 0 spiro atoms. The highest BCUT2D eigenvalue weighted by molar-refractivity contribution is 6.14. The Balaban J connectivity index is 1.80. The second-order valence-electron chi connectivity index (χ2n) is 5.27. The Morgan fingerprint density at radius 1 is 1.00 bits per heavy atom. The van der Waals surface area contributed by atoms with E-state index in [-0.39, 0.29) is 5.78 Å². The average Bonchev–Trinajstić information content (AvgIpc) is 3.11. The molecule has 0 bridgehead atoms. The number of fused-ring (bicyclic) bond motifs is 1. The van der Waals surface area contributed by atoms with Gasteiger partial charge in [-0.1, -0.05) is 35.6 Å². The van der Waals surface area contributed by atoms with E-state index < -0.39 is 0 Å². The molecule has 4 nitrogen and oxygen atoms in total. The van der Waals surface area contributed by atoms with Gasteiger partial charge in [-0.3, -0.25) is 4.79 Å². The molecule has 0 N–H and O–H groups in total. The van der Waals surface area contributed by atoms with Crippen LogP contribution in [0.15, 0.2) is 54.6 Å². The molecular weight excluding hydrogens is 274 g/mol. The number of carbonyl (C=O) groups is 1. The summed E-state index contributed by atoms with van der Waals surface area (Å²) in [6, 6.07) is 15.7. The maximum atomic E-state index is 11.7. The standard InChI is InChI=1S/C18H13N3O/c1-12-18(19-20-21(12)15-5-3-2-4-6-15)14-7-9-16-13(11-14)8-10-17(16)22/h2-11H,1H3. The molecule has 0 fully saturated rings. The molecule has 106 valence electrons. The summed E-state index contributed by atoms with van der Waals surface area (Å²) in [5.74, 6) is 0.0613. The molecule has 0 saturated carbocycles. The largest absolute Gasteiger partial charge is 0.289 e. The summed E-state index contributed by atoms with van der Waals surface area (Å²) in [6.07, 6.45) is 3.44. The van der Waals surface area contributed by atoms with E-state index in [1.165, 1.54) is 0 Å². The third-order valence-corrected chi connectivity index (χ3v) is 3.90. The fourth-order valence-electron chi connectivity index (χ4n) is 2.74. The molecule has 0 aliphatic heterocycles. The maximum absolute atomic E-state index is 11.7. The summed E-state index contributed by atoms with van der Waals surface area (Å²) in [5, 5.41) is 8.56. The van der Waals surface area contributed by atoms with E-state index in [1.54, 1.807) is 6.08 Å². The number of benzene rings is 2. The Labute approximate surface area is 127 Å². The number of nitrogens with zero attached hydrogens (tertiary/aromatic N) is 3. The molecule has 4 rings (SSSR count). The number of carbonyl (C=O) groups excluding carboxylic acids is 1. The normalized spacial score (nSPS) is 12.7. The quantitative estimate of drug-likeness (QED) is 0.725. The minimum atomic E-state index is 0.0613. The van der Waals surface area contributed by atoms with Gasteiger partial charge in [0.05, 0.1) is 11.4 Å². The molecule has 1 aliphatic carbocycles. The van der Waals surface area contributed by atoms with E-state index in [9.17, 15) is 4.79 Å². The Morgan fingerprint density at radius 3 is 2.64 bits per heavy atom. The topological polar surface area (TPSA) is 47.8 Å². The zero-order valence-electron chi connectivity index (χ0n) is 12.0. The first kappa shape index (κ1) is 12.7. The van der Waals surface area contributed by atoms with E-state index in [2.05, 4.69) is 10.3 Å². The van der Waals surface area contributed by atoms with Crippen LogP contribution in [-0.2, 0) is 0 Å². The van der Waals surface area contributed by atoms with Gasteiger partial charge >= 0.3 is 0 Å². The van der Waals surface area contributed by atoms with E-state index in [4.69, 9.17) is 0 Å². The first-order valence-corrected chi connectivity index (χ1v) is 7.08. The number of hydrogen-bond donors (Lipinski definition) is 0. The monoisotopic (exact) mass is 287 g/mol. The van der Waals surface area contributed by atoms with Crippen LogP contribution in [0.3, 0.4) is 0 Å². The highest BCUT2D eigenvalue weighted by atomic mass is 16.1.